The van der Waals surface area contributed by atoms with E-state index >= 15 is 0 Å². The van der Waals surface area contributed by atoms with Crippen LogP contribution in [0.15, 0.2) is 22.6 Å². The van der Waals surface area contributed by atoms with Crippen LogP contribution in [0.4, 0.5) is 0 Å². The summed E-state index contributed by atoms with van der Waals surface area (Å²) in [5.74, 6) is 1.17. The highest BCUT2D eigenvalue weighted by Gasteiger charge is 2.14. The number of aryl methyl sites for hydroxylation is 2. The van der Waals surface area contributed by atoms with Gasteiger partial charge in [-0.25, -0.2) is 8.42 Å². The van der Waals surface area contributed by atoms with Crippen molar-refractivity contribution in [2.45, 2.75) is 40.3 Å². The molecule has 1 heterocycles. The van der Waals surface area contributed by atoms with Gasteiger partial charge in [0, 0.05) is 17.2 Å². The lowest BCUT2D eigenvalue weighted by molar-refractivity contribution is 0.485. The molecule has 1 atom stereocenters. The number of sulfone groups is 1. The third kappa shape index (κ3) is 4.08. The third-order valence-electron chi connectivity index (χ3n) is 3.75. The van der Waals surface area contributed by atoms with Gasteiger partial charge in [0.1, 0.15) is 11.3 Å². The lowest BCUT2D eigenvalue weighted by Crippen LogP contribution is -2.33. The van der Waals surface area contributed by atoms with E-state index in [-0.39, 0.29) is 17.5 Å². The van der Waals surface area contributed by atoms with Gasteiger partial charge >= 0.3 is 0 Å². The van der Waals surface area contributed by atoms with Gasteiger partial charge in [-0.15, -0.1) is 0 Å². The van der Waals surface area contributed by atoms with Crippen LogP contribution in [-0.2, 0) is 16.4 Å². The molecule has 0 amide bonds. The van der Waals surface area contributed by atoms with Gasteiger partial charge in [-0.3, -0.25) is 0 Å². The number of rotatable bonds is 6. The Morgan fingerprint density at radius 3 is 2.52 bits per heavy atom. The minimum atomic E-state index is -2.95. The molecule has 1 N–H and O–H groups in total. The highest BCUT2D eigenvalue weighted by atomic mass is 32.2. The summed E-state index contributed by atoms with van der Waals surface area (Å²) in [5.41, 5.74) is 3.33. The topological polar surface area (TPSA) is 59.3 Å². The molecular weight excluding hydrogens is 286 g/mol. The summed E-state index contributed by atoms with van der Waals surface area (Å²) in [7, 11) is -2.95. The maximum absolute atomic E-state index is 11.6. The molecule has 21 heavy (non-hydrogen) atoms. The zero-order valence-electron chi connectivity index (χ0n) is 13.1. The first kappa shape index (κ1) is 16.0. The highest BCUT2D eigenvalue weighted by Crippen LogP contribution is 2.23. The second kappa shape index (κ2) is 6.20. The fourth-order valence-corrected chi connectivity index (χ4v) is 3.39. The molecule has 2 rings (SSSR count). The average Bonchev–Trinajstić information content (AvgIpc) is 2.78. The van der Waals surface area contributed by atoms with Crippen LogP contribution in [0.1, 0.15) is 30.7 Å². The SMILES string of the molecule is CCS(=O)(=O)C[C@H](C)NCc1cc2cc(C)c(C)cc2o1. The van der Waals surface area contributed by atoms with Crippen molar-refractivity contribution in [1.82, 2.24) is 5.32 Å². The third-order valence-corrected chi connectivity index (χ3v) is 5.64. The summed E-state index contributed by atoms with van der Waals surface area (Å²) in [6.45, 7) is 8.23. The first-order chi connectivity index (χ1) is 9.80. The molecule has 5 heteroatoms. The van der Waals surface area contributed by atoms with E-state index in [9.17, 15) is 8.42 Å². The van der Waals surface area contributed by atoms with E-state index in [1.807, 2.05) is 19.1 Å². The average molecular weight is 309 g/mol. The zero-order chi connectivity index (χ0) is 15.6. The maximum Gasteiger partial charge on any atom is 0.151 e. The zero-order valence-corrected chi connectivity index (χ0v) is 13.9. The molecular formula is C16H23NO3S. The monoisotopic (exact) mass is 309 g/mol. The molecule has 0 aliphatic rings. The Labute approximate surface area is 126 Å². The minimum Gasteiger partial charge on any atom is -0.460 e. The Kier molecular flexibility index (Phi) is 4.74. The Hall–Kier alpha value is -1.33. The molecule has 0 unspecified atom stereocenters. The predicted molar refractivity (Wildman–Crippen MR) is 86.3 cm³/mol. The van der Waals surface area contributed by atoms with Crippen LogP contribution < -0.4 is 5.32 Å². The molecule has 0 fully saturated rings. The molecule has 2 aromatic rings. The minimum absolute atomic E-state index is 0.0911. The molecule has 1 aromatic heterocycles. The summed E-state index contributed by atoms with van der Waals surface area (Å²) >= 11 is 0. The van der Waals surface area contributed by atoms with E-state index in [1.54, 1.807) is 6.92 Å². The van der Waals surface area contributed by atoms with Crippen molar-refractivity contribution in [2.75, 3.05) is 11.5 Å². The molecule has 0 aliphatic heterocycles. The largest absolute Gasteiger partial charge is 0.460 e. The van der Waals surface area contributed by atoms with Crippen LogP contribution in [0.25, 0.3) is 11.0 Å². The number of furan rings is 1. The van der Waals surface area contributed by atoms with E-state index in [1.165, 1.54) is 11.1 Å². The van der Waals surface area contributed by atoms with Crippen molar-refractivity contribution >= 4 is 20.8 Å². The Morgan fingerprint density at radius 2 is 1.86 bits per heavy atom. The second-order valence-electron chi connectivity index (χ2n) is 5.67. The summed E-state index contributed by atoms with van der Waals surface area (Å²) < 4.78 is 28.9. The van der Waals surface area contributed by atoms with Crippen molar-refractivity contribution < 1.29 is 12.8 Å². The number of fused-ring (bicyclic) bond motifs is 1. The number of hydrogen-bond donors (Lipinski definition) is 1. The van der Waals surface area contributed by atoms with Gasteiger partial charge < -0.3 is 9.73 Å². The van der Waals surface area contributed by atoms with E-state index < -0.39 is 9.84 Å². The normalized spacial score (nSPS) is 13.7. The molecule has 0 radical (unpaired) electrons. The maximum atomic E-state index is 11.6. The molecule has 1 aromatic carbocycles. The molecule has 116 valence electrons. The van der Waals surface area contributed by atoms with Gasteiger partial charge in [-0.2, -0.15) is 0 Å². The van der Waals surface area contributed by atoms with Gasteiger partial charge in [0.2, 0.25) is 0 Å². The molecule has 0 bridgehead atoms. The molecule has 4 nitrogen and oxygen atoms in total. The number of benzene rings is 1. The van der Waals surface area contributed by atoms with Crippen LogP contribution in [0, 0.1) is 13.8 Å². The molecule has 0 saturated heterocycles. The number of nitrogens with one attached hydrogen (secondary N) is 1. The van der Waals surface area contributed by atoms with Crippen molar-refractivity contribution in [1.29, 1.82) is 0 Å². The van der Waals surface area contributed by atoms with Crippen LogP contribution >= 0.6 is 0 Å². The van der Waals surface area contributed by atoms with Gasteiger partial charge in [-0.05, 0) is 50.1 Å². The van der Waals surface area contributed by atoms with Crippen molar-refractivity contribution in [3.63, 3.8) is 0 Å². The second-order valence-corrected chi connectivity index (χ2v) is 8.07. The van der Waals surface area contributed by atoms with Crippen LogP contribution in [0.2, 0.25) is 0 Å². The fourth-order valence-electron chi connectivity index (χ4n) is 2.28. The quantitative estimate of drug-likeness (QED) is 0.891. The van der Waals surface area contributed by atoms with E-state index in [0.717, 1.165) is 16.7 Å². The van der Waals surface area contributed by atoms with Gasteiger partial charge in [-0.1, -0.05) is 6.92 Å². The summed E-state index contributed by atoms with van der Waals surface area (Å²) in [5, 5.41) is 4.29. The Balaban J connectivity index is 2.04. The highest BCUT2D eigenvalue weighted by molar-refractivity contribution is 7.91. The lowest BCUT2D eigenvalue weighted by atomic mass is 10.1. The van der Waals surface area contributed by atoms with E-state index in [4.69, 9.17) is 4.42 Å². The fraction of sp³-hybridized carbons (Fsp3) is 0.500. The summed E-state index contributed by atoms with van der Waals surface area (Å²) in [6, 6.07) is 6.07. The van der Waals surface area contributed by atoms with E-state index in [2.05, 4.69) is 25.2 Å². The van der Waals surface area contributed by atoms with Gasteiger partial charge in [0.05, 0.1) is 12.3 Å². The van der Waals surface area contributed by atoms with E-state index in [0.29, 0.717) is 6.54 Å². The van der Waals surface area contributed by atoms with Crippen LogP contribution in [0.3, 0.4) is 0 Å². The summed E-state index contributed by atoms with van der Waals surface area (Å²) in [6.07, 6.45) is 0. The first-order valence-electron chi connectivity index (χ1n) is 7.24. The standard InChI is InChI=1S/C16H23NO3S/c1-5-21(18,19)10-13(4)17-9-15-8-14-6-11(2)12(3)7-16(14)20-15/h6-8,13,17H,5,9-10H2,1-4H3/t13-/m0/s1. The molecule has 0 spiro atoms. The van der Waals surface area contributed by atoms with Gasteiger partial charge in [0.15, 0.2) is 9.84 Å². The summed E-state index contributed by atoms with van der Waals surface area (Å²) in [4.78, 5) is 0. The Morgan fingerprint density at radius 1 is 1.19 bits per heavy atom. The van der Waals surface area contributed by atoms with Crippen LogP contribution in [0.5, 0.6) is 0 Å². The van der Waals surface area contributed by atoms with Crippen molar-refractivity contribution in [2.24, 2.45) is 0 Å². The van der Waals surface area contributed by atoms with Crippen molar-refractivity contribution in [3.8, 4) is 0 Å². The smallest absolute Gasteiger partial charge is 0.151 e. The molecule has 0 saturated carbocycles. The van der Waals surface area contributed by atoms with Gasteiger partial charge in [0.25, 0.3) is 0 Å². The lowest BCUT2D eigenvalue weighted by Gasteiger charge is -2.12. The molecule has 0 aliphatic carbocycles. The first-order valence-corrected chi connectivity index (χ1v) is 9.06. The Bertz CT molecular complexity index is 692. The predicted octanol–water partition coefficient (Wildman–Crippen LogP) is 2.96. The van der Waals surface area contributed by atoms with Crippen molar-refractivity contribution in [3.05, 3.63) is 35.1 Å². The number of hydrogen-bond acceptors (Lipinski definition) is 4. The van der Waals surface area contributed by atoms with Crippen LogP contribution in [-0.4, -0.2) is 26.0 Å².